The molecule has 2 aromatic rings. The van der Waals surface area contributed by atoms with E-state index in [1.807, 2.05) is 44.1 Å². The molecule has 0 unspecified atom stereocenters. The Morgan fingerprint density at radius 1 is 1.07 bits per heavy atom. The van der Waals surface area contributed by atoms with Crippen molar-refractivity contribution in [3.05, 3.63) is 64.5 Å². The summed E-state index contributed by atoms with van der Waals surface area (Å²) in [5.74, 6) is 1.35. The molecule has 0 radical (unpaired) electrons. The predicted molar refractivity (Wildman–Crippen MR) is 109 cm³/mol. The Balaban J connectivity index is 1.96. The molecule has 6 heteroatoms. The van der Waals surface area contributed by atoms with E-state index >= 15 is 0 Å². The number of rotatable bonds is 7. The van der Waals surface area contributed by atoms with Gasteiger partial charge in [0.25, 0.3) is 0 Å². The van der Waals surface area contributed by atoms with E-state index in [4.69, 9.17) is 4.74 Å². The highest BCUT2D eigenvalue weighted by atomic mass is 19.1. The molecule has 0 saturated heterocycles. The Hall–Kier alpha value is -2.60. The molecule has 0 aliphatic heterocycles. The summed E-state index contributed by atoms with van der Waals surface area (Å²) >= 11 is 0. The monoisotopic (exact) mass is 372 g/mol. The Morgan fingerprint density at radius 2 is 1.81 bits per heavy atom. The van der Waals surface area contributed by atoms with Crippen LogP contribution in [0.4, 0.5) is 4.39 Å². The fraction of sp³-hybridized carbons (Fsp3) is 0.381. The number of aliphatic imine (C=N–C) groups is 1. The smallest absolute Gasteiger partial charge is 0.191 e. The Morgan fingerprint density at radius 3 is 2.48 bits per heavy atom. The fourth-order valence-electron chi connectivity index (χ4n) is 2.78. The van der Waals surface area contributed by atoms with E-state index in [0.29, 0.717) is 31.2 Å². The predicted octanol–water partition coefficient (Wildman–Crippen LogP) is 3.07. The number of nitrogens with one attached hydrogen (secondary N) is 2. The highest BCUT2D eigenvalue weighted by molar-refractivity contribution is 5.79. The van der Waals surface area contributed by atoms with Crippen LogP contribution in [0.15, 0.2) is 41.4 Å². The van der Waals surface area contributed by atoms with E-state index in [2.05, 4.69) is 21.7 Å². The third-order valence-electron chi connectivity index (χ3n) is 4.17. The molecule has 2 aromatic carbocycles. The first-order valence-electron chi connectivity index (χ1n) is 8.93. The molecule has 0 heterocycles. The van der Waals surface area contributed by atoms with Gasteiger partial charge in [-0.2, -0.15) is 0 Å². The van der Waals surface area contributed by atoms with Crippen LogP contribution in [0.3, 0.4) is 0 Å². The van der Waals surface area contributed by atoms with Crippen LogP contribution < -0.4 is 15.4 Å². The molecule has 0 saturated carbocycles. The van der Waals surface area contributed by atoms with E-state index in [9.17, 15) is 4.39 Å². The maximum Gasteiger partial charge on any atom is 0.191 e. The van der Waals surface area contributed by atoms with Gasteiger partial charge in [0.15, 0.2) is 5.96 Å². The van der Waals surface area contributed by atoms with Crippen molar-refractivity contribution in [1.82, 2.24) is 15.5 Å². The van der Waals surface area contributed by atoms with Crippen LogP contribution in [0, 0.1) is 12.7 Å². The molecule has 0 atom stereocenters. The lowest BCUT2D eigenvalue weighted by Gasteiger charge is -2.15. The molecule has 0 aliphatic carbocycles. The van der Waals surface area contributed by atoms with Gasteiger partial charge in [0.2, 0.25) is 0 Å². The van der Waals surface area contributed by atoms with Crippen LogP contribution in [0.2, 0.25) is 0 Å². The highest BCUT2D eigenvalue weighted by Gasteiger charge is 2.07. The zero-order valence-corrected chi connectivity index (χ0v) is 16.8. The average molecular weight is 372 g/mol. The van der Waals surface area contributed by atoms with E-state index in [-0.39, 0.29) is 5.82 Å². The third-order valence-corrected chi connectivity index (χ3v) is 4.17. The first kappa shape index (κ1) is 20.7. The molecular formula is C21H29FN4O. The SMILES string of the molecule is CN=C(NCc1ccc(F)c(CN(C)C)c1)NCc1ccc(C)cc1OC. The number of guanidine groups is 1. The fourth-order valence-corrected chi connectivity index (χ4v) is 2.78. The topological polar surface area (TPSA) is 48.9 Å². The molecule has 146 valence electrons. The number of hydrogen-bond acceptors (Lipinski definition) is 3. The van der Waals surface area contributed by atoms with Gasteiger partial charge in [-0.3, -0.25) is 4.99 Å². The Labute approximate surface area is 161 Å². The van der Waals surface area contributed by atoms with Crippen LogP contribution in [0.25, 0.3) is 0 Å². The summed E-state index contributed by atoms with van der Waals surface area (Å²) in [5, 5.41) is 6.55. The van der Waals surface area contributed by atoms with Gasteiger partial charge in [0.1, 0.15) is 11.6 Å². The summed E-state index contributed by atoms with van der Waals surface area (Å²) in [6.07, 6.45) is 0. The number of methoxy groups -OCH3 is 1. The van der Waals surface area contributed by atoms with Crippen molar-refractivity contribution < 1.29 is 9.13 Å². The van der Waals surface area contributed by atoms with Crippen LogP contribution in [-0.2, 0) is 19.6 Å². The van der Waals surface area contributed by atoms with Crippen molar-refractivity contribution >= 4 is 5.96 Å². The normalized spacial score (nSPS) is 11.6. The summed E-state index contributed by atoms with van der Waals surface area (Å²) in [5.41, 5.74) is 3.90. The quantitative estimate of drug-likeness (QED) is 0.579. The Kier molecular flexibility index (Phi) is 7.61. The largest absolute Gasteiger partial charge is 0.496 e. The molecule has 27 heavy (non-hydrogen) atoms. The summed E-state index contributed by atoms with van der Waals surface area (Å²) in [6.45, 7) is 3.76. The summed E-state index contributed by atoms with van der Waals surface area (Å²) < 4.78 is 19.3. The molecule has 0 amide bonds. The number of benzene rings is 2. The van der Waals surface area contributed by atoms with Gasteiger partial charge >= 0.3 is 0 Å². The number of halogens is 1. The second-order valence-corrected chi connectivity index (χ2v) is 6.76. The van der Waals surface area contributed by atoms with Crippen molar-refractivity contribution in [3.8, 4) is 5.75 Å². The maximum absolute atomic E-state index is 13.9. The van der Waals surface area contributed by atoms with E-state index in [0.717, 1.165) is 22.4 Å². The molecule has 0 spiro atoms. The van der Waals surface area contributed by atoms with Crippen LogP contribution in [-0.4, -0.2) is 39.1 Å². The Bertz CT molecular complexity index is 790. The first-order chi connectivity index (χ1) is 12.9. The van der Waals surface area contributed by atoms with Gasteiger partial charge in [-0.05, 0) is 50.3 Å². The van der Waals surface area contributed by atoms with E-state index in [1.54, 1.807) is 20.2 Å². The standard InChI is InChI=1S/C21H29FN4O/c1-15-6-8-17(20(10-15)27-5)13-25-21(23-2)24-12-16-7-9-19(22)18(11-16)14-26(3)4/h6-11H,12-14H2,1-5H3,(H2,23,24,25). The molecule has 0 fully saturated rings. The minimum Gasteiger partial charge on any atom is -0.496 e. The van der Waals surface area contributed by atoms with Gasteiger partial charge in [0, 0.05) is 37.8 Å². The molecule has 2 N–H and O–H groups in total. The lowest BCUT2D eigenvalue weighted by molar-refractivity contribution is 0.392. The van der Waals surface area contributed by atoms with Gasteiger partial charge in [-0.15, -0.1) is 0 Å². The second kappa shape index (κ2) is 9.92. The minimum absolute atomic E-state index is 0.179. The average Bonchev–Trinajstić information content (AvgIpc) is 2.64. The van der Waals surface area contributed by atoms with Crippen molar-refractivity contribution in [1.29, 1.82) is 0 Å². The maximum atomic E-state index is 13.9. The van der Waals surface area contributed by atoms with Crippen molar-refractivity contribution in [2.24, 2.45) is 4.99 Å². The molecule has 2 rings (SSSR count). The molecular weight excluding hydrogens is 343 g/mol. The van der Waals surface area contributed by atoms with Crippen LogP contribution in [0.5, 0.6) is 5.75 Å². The highest BCUT2D eigenvalue weighted by Crippen LogP contribution is 2.19. The number of hydrogen-bond donors (Lipinski definition) is 2. The first-order valence-corrected chi connectivity index (χ1v) is 8.93. The molecule has 0 aromatic heterocycles. The van der Waals surface area contributed by atoms with Gasteiger partial charge in [-0.1, -0.05) is 18.2 Å². The third kappa shape index (κ3) is 6.25. The lowest BCUT2D eigenvalue weighted by Crippen LogP contribution is -2.36. The summed E-state index contributed by atoms with van der Waals surface area (Å²) in [7, 11) is 7.25. The number of nitrogens with zero attached hydrogens (tertiary/aromatic N) is 2. The van der Waals surface area contributed by atoms with Crippen molar-refractivity contribution in [2.75, 3.05) is 28.3 Å². The van der Waals surface area contributed by atoms with Gasteiger partial charge in [-0.25, -0.2) is 4.39 Å². The molecule has 0 bridgehead atoms. The number of ether oxygens (including phenoxy) is 1. The lowest BCUT2D eigenvalue weighted by atomic mass is 10.1. The molecule has 5 nitrogen and oxygen atoms in total. The van der Waals surface area contributed by atoms with Crippen molar-refractivity contribution in [3.63, 3.8) is 0 Å². The van der Waals surface area contributed by atoms with Gasteiger partial charge in [0.05, 0.1) is 7.11 Å². The number of aryl methyl sites for hydroxylation is 1. The van der Waals surface area contributed by atoms with Gasteiger partial charge < -0.3 is 20.3 Å². The van der Waals surface area contributed by atoms with Crippen molar-refractivity contribution in [2.45, 2.75) is 26.6 Å². The zero-order chi connectivity index (χ0) is 19.8. The summed E-state index contributed by atoms with van der Waals surface area (Å²) in [4.78, 5) is 6.20. The minimum atomic E-state index is -0.179. The zero-order valence-electron chi connectivity index (χ0n) is 16.8. The van der Waals surface area contributed by atoms with Crippen LogP contribution >= 0.6 is 0 Å². The molecule has 0 aliphatic rings. The van der Waals surface area contributed by atoms with Crippen LogP contribution in [0.1, 0.15) is 22.3 Å². The van der Waals surface area contributed by atoms with E-state index < -0.39 is 0 Å². The second-order valence-electron chi connectivity index (χ2n) is 6.76. The van der Waals surface area contributed by atoms with E-state index in [1.165, 1.54) is 6.07 Å². The summed E-state index contributed by atoms with van der Waals surface area (Å²) in [6, 6.07) is 11.3.